The Balaban J connectivity index is 1.78. The van der Waals surface area contributed by atoms with Gasteiger partial charge in [0.1, 0.15) is 5.75 Å². The van der Waals surface area contributed by atoms with E-state index in [-0.39, 0.29) is 0 Å². The molecule has 1 aliphatic heterocycles. The SMILES string of the molecule is CCOc1ccccc1CCOC1CCNCC1. The third kappa shape index (κ3) is 4.00. The molecule has 2 rings (SSSR count). The van der Waals surface area contributed by atoms with Gasteiger partial charge in [0.05, 0.1) is 19.3 Å². The Hall–Kier alpha value is -1.06. The largest absolute Gasteiger partial charge is 0.494 e. The Morgan fingerprint density at radius 1 is 1.22 bits per heavy atom. The number of rotatable bonds is 6. The van der Waals surface area contributed by atoms with Crippen molar-refractivity contribution in [3.8, 4) is 5.75 Å². The van der Waals surface area contributed by atoms with E-state index in [2.05, 4.69) is 17.4 Å². The average molecular weight is 249 g/mol. The fourth-order valence-corrected chi connectivity index (χ4v) is 2.30. The molecule has 1 aromatic carbocycles. The first-order valence-corrected chi connectivity index (χ1v) is 6.93. The summed E-state index contributed by atoms with van der Waals surface area (Å²) < 4.78 is 11.5. The zero-order chi connectivity index (χ0) is 12.6. The van der Waals surface area contributed by atoms with Crippen molar-refractivity contribution in [1.29, 1.82) is 0 Å². The molecule has 0 spiro atoms. The van der Waals surface area contributed by atoms with Crippen LogP contribution in [-0.2, 0) is 11.2 Å². The molecule has 0 atom stereocenters. The van der Waals surface area contributed by atoms with Gasteiger partial charge in [0.15, 0.2) is 0 Å². The standard InChI is InChI=1S/C15H23NO2/c1-2-17-15-6-4-3-5-13(15)9-12-18-14-7-10-16-11-8-14/h3-6,14,16H,2,7-12H2,1H3. The highest BCUT2D eigenvalue weighted by molar-refractivity contribution is 5.33. The van der Waals surface area contributed by atoms with E-state index in [1.807, 2.05) is 19.1 Å². The third-order valence-electron chi connectivity index (χ3n) is 3.28. The zero-order valence-electron chi connectivity index (χ0n) is 11.2. The lowest BCUT2D eigenvalue weighted by Crippen LogP contribution is -2.32. The molecule has 100 valence electrons. The van der Waals surface area contributed by atoms with Gasteiger partial charge in [-0.2, -0.15) is 0 Å². The van der Waals surface area contributed by atoms with Crippen LogP contribution in [0.1, 0.15) is 25.3 Å². The molecule has 0 radical (unpaired) electrons. The molecule has 1 saturated heterocycles. The molecule has 1 heterocycles. The smallest absolute Gasteiger partial charge is 0.122 e. The normalized spacial score (nSPS) is 16.7. The van der Waals surface area contributed by atoms with Crippen molar-refractivity contribution in [1.82, 2.24) is 5.32 Å². The highest BCUT2D eigenvalue weighted by Crippen LogP contribution is 2.19. The van der Waals surface area contributed by atoms with Gasteiger partial charge in [-0.05, 0) is 50.9 Å². The van der Waals surface area contributed by atoms with E-state index in [1.54, 1.807) is 0 Å². The van der Waals surface area contributed by atoms with Crippen LogP contribution < -0.4 is 10.1 Å². The monoisotopic (exact) mass is 249 g/mol. The molecule has 1 fully saturated rings. The Labute approximate surface area is 109 Å². The molecule has 3 heteroatoms. The van der Waals surface area contributed by atoms with Crippen molar-refractivity contribution < 1.29 is 9.47 Å². The van der Waals surface area contributed by atoms with E-state index in [4.69, 9.17) is 9.47 Å². The first kappa shape index (κ1) is 13.4. The summed E-state index contributed by atoms with van der Waals surface area (Å²) >= 11 is 0. The summed E-state index contributed by atoms with van der Waals surface area (Å²) in [6.45, 7) is 5.68. The molecule has 0 aliphatic carbocycles. The van der Waals surface area contributed by atoms with Crippen LogP contribution in [0.25, 0.3) is 0 Å². The fraction of sp³-hybridized carbons (Fsp3) is 0.600. The highest BCUT2D eigenvalue weighted by atomic mass is 16.5. The predicted octanol–water partition coefficient (Wildman–Crippen LogP) is 2.40. The number of para-hydroxylation sites is 1. The van der Waals surface area contributed by atoms with Gasteiger partial charge in [-0.1, -0.05) is 18.2 Å². The molecular formula is C15H23NO2. The fourth-order valence-electron chi connectivity index (χ4n) is 2.30. The molecule has 0 unspecified atom stereocenters. The van der Waals surface area contributed by atoms with Crippen LogP contribution in [0.15, 0.2) is 24.3 Å². The molecule has 18 heavy (non-hydrogen) atoms. The maximum Gasteiger partial charge on any atom is 0.122 e. The lowest BCUT2D eigenvalue weighted by molar-refractivity contribution is 0.0346. The molecule has 1 aromatic rings. The maximum absolute atomic E-state index is 5.92. The van der Waals surface area contributed by atoms with Crippen LogP contribution in [-0.4, -0.2) is 32.4 Å². The number of piperidine rings is 1. The second-order valence-electron chi connectivity index (χ2n) is 4.61. The van der Waals surface area contributed by atoms with Gasteiger partial charge in [0.2, 0.25) is 0 Å². The van der Waals surface area contributed by atoms with E-state index >= 15 is 0 Å². The zero-order valence-corrected chi connectivity index (χ0v) is 11.2. The number of nitrogens with one attached hydrogen (secondary N) is 1. The van der Waals surface area contributed by atoms with E-state index in [1.165, 1.54) is 5.56 Å². The first-order chi connectivity index (χ1) is 8.90. The molecular weight excluding hydrogens is 226 g/mol. The number of hydrogen-bond donors (Lipinski definition) is 1. The molecule has 1 aliphatic rings. The second-order valence-corrected chi connectivity index (χ2v) is 4.61. The first-order valence-electron chi connectivity index (χ1n) is 6.93. The number of hydrogen-bond acceptors (Lipinski definition) is 3. The van der Waals surface area contributed by atoms with Crippen LogP contribution in [0.5, 0.6) is 5.75 Å². The predicted molar refractivity (Wildman–Crippen MR) is 73.2 cm³/mol. The molecule has 1 N–H and O–H groups in total. The molecule has 3 nitrogen and oxygen atoms in total. The minimum atomic E-state index is 0.436. The summed E-state index contributed by atoms with van der Waals surface area (Å²) in [5, 5.41) is 3.35. The van der Waals surface area contributed by atoms with Gasteiger partial charge < -0.3 is 14.8 Å². The minimum absolute atomic E-state index is 0.436. The van der Waals surface area contributed by atoms with Crippen LogP contribution in [0.3, 0.4) is 0 Å². The Kier molecular flexibility index (Phi) is 5.49. The molecule has 0 saturated carbocycles. The van der Waals surface area contributed by atoms with Crippen molar-refractivity contribution in [3.63, 3.8) is 0 Å². The van der Waals surface area contributed by atoms with Gasteiger partial charge in [-0.3, -0.25) is 0 Å². The van der Waals surface area contributed by atoms with Crippen molar-refractivity contribution >= 4 is 0 Å². The maximum atomic E-state index is 5.92. The van der Waals surface area contributed by atoms with E-state index in [0.29, 0.717) is 12.7 Å². The molecule has 0 aromatic heterocycles. The molecule has 0 bridgehead atoms. The number of benzene rings is 1. The van der Waals surface area contributed by atoms with E-state index in [0.717, 1.165) is 44.7 Å². The average Bonchev–Trinajstić information content (AvgIpc) is 2.42. The van der Waals surface area contributed by atoms with Crippen molar-refractivity contribution in [2.75, 3.05) is 26.3 Å². The Morgan fingerprint density at radius 2 is 2.00 bits per heavy atom. The van der Waals surface area contributed by atoms with Gasteiger partial charge in [-0.15, -0.1) is 0 Å². The van der Waals surface area contributed by atoms with Gasteiger partial charge in [-0.25, -0.2) is 0 Å². The summed E-state index contributed by atoms with van der Waals surface area (Å²) in [5.41, 5.74) is 1.24. The number of ether oxygens (including phenoxy) is 2. The summed E-state index contributed by atoms with van der Waals surface area (Å²) in [6, 6.07) is 8.23. The summed E-state index contributed by atoms with van der Waals surface area (Å²) in [7, 11) is 0. The third-order valence-corrected chi connectivity index (χ3v) is 3.28. The van der Waals surface area contributed by atoms with Crippen molar-refractivity contribution in [2.24, 2.45) is 0 Å². The Morgan fingerprint density at radius 3 is 2.78 bits per heavy atom. The van der Waals surface area contributed by atoms with Crippen molar-refractivity contribution in [3.05, 3.63) is 29.8 Å². The van der Waals surface area contributed by atoms with Gasteiger partial charge >= 0.3 is 0 Å². The summed E-state index contributed by atoms with van der Waals surface area (Å²) in [6.07, 6.45) is 3.63. The topological polar surface area (TPSA) is 30.5 Å². The van der Waals surface area contributed by atoms with Gasteiger partial charge in [0.25, 0.3) is 0 Å². The summed E-state index contributed by atoms with van der Waals surface area (Å²) in [4.78, 5) is 0. The van der Waals surface area contributed by atoms with Crippen molar-refractivity contribution in [2.45, 2.75) is 32.3 Å². The van der Waals surface area contributed by atoms with Crippen LogP contribution >= 0.6 is 0 Å². The van der Waals surface area contributed by atoms with Crippen LogP contribution in [0.2, 0.25) is 0 Å². The quantitative estimate of drug-likeness (QED) is 0.839. The van der Waals surface area contributed by atoms with Crippen LogP contribution in [0, 0.1) is 0 Å². The Bertz CT molecular complexity index is 348. The highest BCUT2D eigenvalue weighted by Gasteiger charge is 2.13. The van der Waals surface area contributed by atoms with E-state index in [9.17, 15) is 0 Å². The van der Waals surface area contributed by atoms with E-state index < -0.39 is 0 Å². The lowest BCUT2D eigenvalue weighted by Gasteiger charge is -2.23. The minimum Gasteiger partial charge on any atom is -0.494 e. The summed E-state index contributed by atoms with van der Waals surface area (Å²) in [5.74, 6) is 0.994. The lowest BCUT2D eigenvalue weighted by atomic mass is 10.1. The van der Waals surface area contributed by atoms with Crippen LogP contribution in [0.4, 0.5) is 0 Å². The molecule has 0 amide bonds. The second kappa shape index (κ2) is 7.39. The van der Waals surface area contributed by atoms with Gasteiger partial charge in [0, 0.05) is 0 Å².